The summed E-state index contributed by atoms with van der Waals surface area (Å²) in [5.41, 5.74) is 0. The highest BCUT2D eigenvalue weighted by Crippen LogP contribution is 2.25. The number of thiazole rings is 1. The highest BCUT2D eigenvalue weighted by atomic mass is 32.1. The molecule has 17 heavy (non-hydrogen) atoms. The van der Waals surface area contributed by atoms with E-state index < -0.39 is 0 Å². The Hall–Kier alpha value is -0.410. The van der Waals surface area contributed by atoms with Gasteiger partial charge in [-0.05, 0) is 18.9 Å². The largest absolute Gasteiger partial charge is 0.316 e. The summed E-state index contributed by atoms with van der Waals surface area (Å²) in [7, 11) is 0. The zero-order valence-electron chi connectivity index (χ0n) is 10.8. The molecule has 1 aliphatic rings. The smallest absolute Gasteiger partial charge is 0.0965 e. The van der Waals surface area contributed by atoms with Crippen molar-refractivity contribution in [3.8, 4) is 0 Å². The highest BCUT2D eigenvalue weighted by molar-refractivity contribution is 7.09. The Bertz CT molecular complexity index is 291. The van der Waals surface area contributed by atoms with Gasteiger partial charge in [-0.25, -0.2) is 4.98 Å². The standard InChI is InChI=1S/C14H24N2S/c1-12(14-16-9-10-17-14)11-15-8-7-13-5-3-2-4-6-13/h9-10,12-13,15H,2-8,11H2,1H3. The van der Waals surface area contributed by atoms with Gasteiger partial charge >= 0.3 is 0 Å². The first-order valence-electron chi connectivity index (χ1n) is 6.96. The van der Waals surface area contributed by atoms with Gasteiger partial charge < -0.3 is 5.32 Å². The van der Waals surface area contributed by atoms with Gasteiger partial charge in [0.1, 0.15) is 0 Å². The molecule has 1 aromatic rings. The van der Waals surface area contributed by atoms with Crippen LogP contribution in [0.25, 0.3) is 0 Å². The van der Waals surface area contributed by atoms with E-state index in [0.717, 1.165) is 12.5 Å². The molecule has 1 unspecified atom stereocenters. The number of hydrogen-bond donors (Lipinski definition) is 1. The van der Waals surface area contributed by atoms with Crippen molar-refractivity contribution in [2.45, 2.75) is 51.4 Å². The molecule has 96 valence electrons. The van der Waals surface area contributed by atoms with Gasteiger partial charge in [0.25, 0.3) is 0 Å². The van der Waals surface area contributed by atoms with E-state index >= 15 is 0 Å². The second kappa shape index (κ2) is 7.12. The van der Waals surface area contributed by atoms with Crippen LogP contribution in [0.1, 0.15) is 56.4 Å². The molecule has 1 aliphatic carbocycles. The van der Waals surface area contributed by atoms with Crippen LogP contribution in [0.5, 0.6) is 0 Å². The average Bonchev–Trinajstić information content (AvgIpc) is 2.89. The summed E-state index contributed by atoms with van der Waals surface area (Å²) < 4.78 is 0. The molecular formula is C14H24N2S. The molecule has 0 aliphatic heterocycles. The molecule has 1 atom stereocenters. The van der Waals surface area contributed by atoms with Crippen molar-refractivity contribution in [1.82, 2.24) is 10.3 Å². The zero-order valence-corrected chi connectivity index (χ0v) is 11.6. The van der Waals surface area contributed by atoms with Crippen molar-refractivity contribution in [2.24, 2.45) is 5.92 Å². The molecule has 0 bridgehead atoms. The number of nitrogens with one attached hydrogen (secondary N) is 1. The van der Waals surface area contributed by atoms with Gasteiger partial charge in [0, 0.05) is 24.0 Å². The molecule has 1 N–H and O–H groups in total. The van der Waals surface area contributed by atoms with E-state index in [2.05, 4.69) is 22.6 Å². The van der Waals surface area contributed by atoms with Crippen molar-refractivity contribution in [2.75, 3.05) is 13.1 Å². The van der Waals surface area contributed by atoms with Crippen LogP contribution in [-0.4, -0.2) is 18.1 Å². The van der Waals surface area contributed by atoms with Crippen molar-refractivity contribution in [3.05, 3.63) is 16.6 Å². The maximum atomic E-state index is 4.36. The highest BCUT2D eigenvalue weighted by Gasteiger charge is 2.13. The molecule has 0 aromatic carbocycles. The number of aromatic nitrogens is 1. The lowest BCUT2D eigenvalue weighted by Crippen LogP contribution is -2.23. The molecule has 1 saturated carbocycles. The first-order chi connectivity index (χ1) is 8.36. The summed E-state index contributed by atoms with van der Waals surface area (Å²) in [6.45, 7) is 4.51. The Morgan fingerprint density at radius 3 is 2.94 bits per heavy atom. The summed E-state index contributed by atoms with van der Waals surface area (Å²) in [6.07, 6.45) is 10.6. The molecule has 2 rings (SSSR count). The van der Waals surface area contributed by atoms with Gasteiger partial charge in [-0.3, -0.25) is 0 Å². The average molecular weight is 252 g/mol. The third-order valence-corrected chi connectivity index (χ3v) is 4.78. The van der Waals surface area contributed by atoms with Gasteiger partial charge in [0.15, 0.2) is 0 Å². The third-order valence-electron chi connectivity index (χ3n) is 3.78. The lowest BCUT2D eigenvalue weighted by Gasteiger charge is -2.21. The monoisotopic (exact) mass is 252 g/mol. The molecule has 1 fully saturated rings. The predicted octanol–water partition coefficient (Wildman–Crippen LogP) is 3.81. The van der Waals surface area contributed by atoms with Crippen molar-refractivity contribution >= 4 is 11.3 Å². The summed E-state index contributed by atoms with van der Waals surface area (Å²) in [5.74, 6) is 1.55. The SMILES string of the molecule is CC(CNCCC1CCCCC1)c1nccs1. The van der Waals surface area contributed by atoms with Crippen LogP contribution in [-0.2, 0) is 0 Å². The Labute approximate surface area is 109 Å². The maximum absolute atomic E-state index is 4.36. The number of hydrogen-bond acceptors (Lipinski definition) is 3. The normalized spacial score (nSPS) is 19.4. The van der Waals surface area contributed by atoms with Gasteiger partial charge in [-0.2, -0.15) is 0 Å². The Morgan fingerprint density at radius 2 is 2.24 bits per heavy atom. The van der Waals surface area contributed by atoms with Crippen LogP contribution in [0.2, 0.25) is 0 Å². The fourth-order valence-electron chi connectivity index (χ4n) is 2.67. The number of rotatable bonds is 6. The van der Waals surface area contributed by atoms with E-state index in [1.54, 1.807) is 11.3 Å². The molecule has 2 nitrogen and oxygen atoms in total. The van der Waals surface area contributed by atoms with E-state index in [0.29, 0.717) is 5.92 Å². The summed E-state index contributed by atoms with van der Waals surface area (Å²) in [4.78, 5) is 4.36. The van der Waals surface area contributed by atoms with E-state index in [-0.39, 0.29) is 0 Å². The minimum absolute atomic E-state index is 0.557. The zero-order chi connectivity index (χ0) is 11.9. The minimum Gasteiger partial charge on any atom is -0.316 e. The maximum Gasteiger partial charge on any atom is 0.0965 e. The fourth-order valence-corrected chi connectivity index (χ4v) is 3.36. The van der Waals surface area contributed by atoms with Gasteiger partial charge in [-0.15, -0.1) is 11.3 Å². The van der Waals surface area contributed by atoms with Crippen LogP contribution in [0.15, 0.2) is 11.6 Å². The van der Waals surface area contributed by atoms with E-state index in [4.69, 9.17) is 0 Å². The quantitative estimate of drug-likeness (QED) is 0.779. The second-order valence-corrected chi connectivity index (χ2v) is 6.19. The van der Waals surface area contributed by atoms with Crippen LogP contribution in [0.4, 0.5) is 0 Å². The van der Waals surface area contributed by atoms with Crippen LogP contribution < -0.4 is 5.32 Å². The molecule has 0 saturated heterocycles. The molecule has 3 heteroatoms. The molecule has 1 heterocycles. The van der Waals surface area contributed by atoms with Crippen molar-refractivity contribution < 1.29 is 0 Å². The van der Waals surface area contributed by atoms with Gasteiger partial charge in [0.2, 0.25) is 0 Å². The lowest BCUT2D eigenvalue weighted by atomic mass is 9.87. The first-order valence-corrected chi connectivity index (χ1v) is 7.84. The Kier molecular flexibility index (Phi) is 5.46. The number of nitrogens with zero attached hydrogens (tertiary/aromatic N) is 1. The van der Waals surface area contributed by atoms with Crippen molar-refractivity contribution in [1.29, 1.82) is 0 Å². The minimum atomic E-state index is 0.557. The second-order valence-electron chi connectivity index (χ2n) is 5.27. The fraction of sp³-hybridized carbons (Fsp3) is 0.786. The Balaban J connectivity index is 1.56. The molecule has 0 radical (unpaired) electrons. The third kappa shape index (κ3) is 4.40. The van der Waals surface area contributed by atoms with Gasteiger partial charge in [0.05, 0.1) is 5.01 Å². The lowest BCUT2D eigenvalue weighted by molar-refractivity contribution is 0.333. The van der Waals surface area contributed by atoms with Crippen LogP contribution in [0, 0.1) is 5.92 Å². The van der Waals surface area contributed by atoms with E-state index in [9.17, 15) is 0 Å². The summed E-state index contributed by atoms with van der Waals surface area (Å²) in [5, 5.41) is 6.91. The first kappa shape index (κ1) is 13.0. The van der Waals surface area contributed by atoms with Gasteiger partial charge in [-0.1, -0.05) is 39.0 Å². The topological polar surface area (TPSA) is 24.9 Å². The molecular weight excluding hydrogens is 228 g/mol. The van der Waals surface area contributed by atoms with Crippen LogP contribution in [0.3, 0.4) is 0 Å². The van der Waals surface area contributed by atoms with Crippen molar-refractivity contribution in [3.63, 3.8) is 0 Å². The van der Waals surface area contributed by atoms with E-state index in [1.165, 1.54) is 50.1 Å². The van der Waals surface area contributed by atoms with E-state index in [1.807, 2.05) is 6.20 Å². The molecule has 1 aromatic heterocycles. The summed E-state index contributed by atoms with van der Waals surface area (Å²) in [6, 6.07) is 0. The van der Waals surface area contributed by atoms with Crippen LogP contribution >= 0.6 is 11.3 Å². The predicted molar refractivity (Wildman–Crippen MR) is 74.6 cm³/mol. The Morgan fingerprint density at radius 1 is 1.41 bits per heavy atom. The molecule has 0 spiro atoms. The molecule has 0 amide bonds. The summed E-state index contributed by atoms with van der Waals surface area (Å²) >= 11 is 1.77.